The highest BCUT2D eigenvalue weighted by Crippen LogP contribution is 2.17. The number of ether oxygens (including phenoxy) is 1. The van der Waals surface area contributed by atoms with Crippen LogP contribution in [0.2, 0.25) is 0 Å². The van der Waals surface area contributed by atoms with Crippen LogP contribution in [0.4, 0.5) is 4.39 Å². The van der Waals surface area contributed by atoms with Crippen LogP contribution < -0.4 is 5.56 Å². The standard InChI is InChI=1S/C17H13FN2O3/c1-20-16(21)15-13(9-19-20)7-12(8-14(15)18)17(22)23-10-11-5-3-2-4-6-11/h2-9H,10H2,1H3. The fraction of sp³-hybridized carbons (Fsp3) is 0.118. The number of halogens is 1. The molecule has 0 amide bonds. The molecule has 1 aromatic heterocycles. The second-order valence-electron chi connectivity index (χ2n) is 5.06. The Bertz CT molecular complexity index is 936. The van der Waals surface area contributed by atoms with Crippen LogP contribution in [0.1, 0.15) is 15.9 Å². The van der Waals surface area contributed by atoms with E-state index >= 15 is 0 Å². The molecule has 5 nitrogen and oxygen atoms in total. The number of fused-ring (bicyclic) bond motifs is 1. The second kappa shape index (κ2) is 6.00. The van der Waals surface area contributed by atoms with E-state index in [4.69, 9.17) is 4.74 Å². The molecule has 116 valence electrons. The number of aromatic nitrogens is 2. The molecule has 2 aromatic carbocycles. The highest BCUT2D eigenvalue weighted by molar-refractivity contribution is 5.95. The highest BCUT2D eigenvalue weighted by Gasteiger charge is 2.14. The van der Waals surface area contributed by atoms with Crippen LogP contribution in [0, 0.1) is 5.82 Å². The molecule has 0 saturated heterocycles. The van der Waals surface area contributed by atoms with E-state index in [1.807, 2.05) is 30.3 Å². The van der Waals surface area contributed by atoms with Crippen LogP contribution in [0.3, 0.4) is 0 Å². The van der Waals surface area contributed by atoms with E-state index in [9.17, 15) is 14.0 Å². The summed E-state index contributed by atoms with van der Waals surface area (Å²) in [7, 11) is 1.43. The lowest BCUT2D eigenvalue weighted by molar-refractivity contribution is 0.0472. The van der Waals surface area contributed by atoms with Crippen molar-refractivity contribution in [3.63, 3.8) is 0 Å². The third kappa shape index (κ3) is 2.96. The number of esters is 1. The topological polar surface area (TPSA) is 61.2 Å². The first-order valence-electron chi connectivity index (χ1n) is 6.93. The summed E-state index contributed by atoms with van der Waals surface area (Å²) < 4.78 is 20.4. The molecule has 0 atom stereocenters. The molecular formula is C17H13FN2O3. The average molecular weight is 312 g/mol. The van der Waals surface area contributed by atoms with Crippen molar-refractivity contribution in [2.45, 2.75) is 6.61 Å². The van der Waals surface area contributed by atoms with Crippen molar-refractivity contribution < 1.29 is 13.9 Å². The Kier molecular flexibility index (Phi) is 3.89. The largest absolute Gasteiger partial charge is 0.457 e. The van der Waals surface area contributed by atoms with Gasteiger partial charge in [0.1, 0.15) is 12.4 Å². The maximum absolute atomic E-state index is 14.2. The minimum absolute atomic E-state index is 0.0426. The van der Waals surface area contributed by atoms with E-state index < -0.39 is 17.3 Å². The van der Waals surface area contributed by atoms with Gasteiger partial charge in [-0.3, -0.25) is 4.79 Å². The van der Waals surface area contributed by atoms with Crippen LogP contribution in [-0.2, 0) is 18.4 Å². The van der Waals surface area contributed by atoms with E-state index in [1.165, 1.54) is 19.3 Å². The van der Waals surface area contributed by atoms with Gasteiger partial charge in [-0.05, 0) is 17.7 Å². The number of benzene rings is 2. The Morgan fingerprint density at radius 3 is 2.74 bits per heavy atom. The van der Waals surface area contributed by atoms with Gasteiger partial charge in [0, 0.05) is 12.4 Å². The summed E-state index contributed by atoms with van der Waals surface area (Å²) in [6.45, 7) is 0.0914. The number of hydrogen-bond acceptors (Lipinski definition) is 4. The number of rotatable bonds is 3. The molecule has 6 heteroatoms. The lowest BCUT2D eigenvalue weighted by atomic mass is 10.1. The number of hydrogen-bond donors (Lipinski definition) is 0. The van der Waals surface area contributed by atoms with Crippen LogP contribution in [-0.4, -0.2) is 15.7 Å². The molecule has 3 rings (SSSR count). The van der Waals surface area contributed by atoms with E-state index in [-0.39, 0.29) is 22.9 Å². The molecule has 0 bridgehead atoms. The van der Waals surface area contributed by atoms with Gasteiger partial charge < -0.3 is 4.74 Å². The molecule has 0 aliphatic heterocycles. The number of carbonyl (C=O) groups excluding carboxylic acids is 1. The first-order chi connectivity index (χ1) is 11.1. The summed E-state index contributed by atoms with van der Waals surface area (Å²) in [6.07, 6.45) is 1.34. The van der Waals surface area contributed by atoms with Crippen molar-refractivity contribution in [1.29, 1.82) is 0 Å². The zero-order valence-corrected chi connectivity index (χ0v) is 12.3. The Labute approximate surface area is 130 Å². The smallest absolute Gasteiger partial charge is 0.338 e. The molecule has 0 unspecified atom stereocenters. The normalized spacial score (nSPS) is 10.7. The third-order valence-electron chi connectivity index (χ3n) is 3.45. The van der Waals surface area contributed by atoms with Gasteiger partial charge in [-0.25, -0.2) is 13.9 Å². The van der Waals surface area contributed by atoms with Crippen molar-refractivity contribution in [2.75, 3.05) is 0 Å². The molecule has 1 heterocycles. The first kappa shape index (κ1) is 14.9. The zero-order valence-electron chi connectivity index (χ0n) is 12.3. The Hall–Kier alpha value is -3.02. The molecular weight excluding hydrogens is 299 g/mol. The summed E-state index contributed by atoms with van der Waals surface area (Å²) in [6, 6.07) is 11.6. The molecule has 0 fully saturated rings. The molecule has 0 aliphatic carbocycles. The number of aryl methyl sites for hydroxylation is 1. The van der Waals surface area contributed by atoms with Crippen LogP contribution in [0.15, 0.2) is 53.5 Å². The Morgan fingerprint density at radius 2 is 2.00 bits per heavy atom. The monoisotopic (exact) mass is 312 g/mol. The quantitative estimate of drug-likeness (QED) is 0.697. The van der Waals surface area contributed by atoms with Crippen molar-refractivity contribution in [3.05, 3.63) is 76.0 Å². The predicted octanol–water partition coefficient (Wildman–Crippen LogP) is 2.43. The van der Waals surface area contributed by atoms with Crippen LogP contribution >= 0.6 is 0 Å². The van der Waals surface area contributed by atoms with Crippen molar-refractivity contribution in [2.24, 2.45) is 7.05 Å². The zero-order chi connectivity index (χ0) is 16.4. The van der Waals surface area contributed by atoms with E-state index in [0.717, 1.165) is 16.3 Å². The van der Waals surface area contributed by atoms with Gasteiger partial charge in [-0.1, -0.05) is 30.3 Å². The van der Waals surface area contributed by atoms with Crippen LogP contribution in [0.25, 0.3) is 10.8 Å². The minimum atomic E-state index is -0.767. The highest BCUT2D eigenvalue weighted by atomic mass is 19.1. The minimum Gasteiger partial charge on any atom is -0.457 e. The molecule has 0 saturated carbocycles. The SMILES string of the molecule is Cn1ncc2cc(C(=O)OCc3ccccc3)cc(F)c2c1=O. The van der Waals surface area contributed by atoms with Crippen molar-refractivity contribution >= 4 is 16.7 Å². The van der Waals surface area contributed by atoms with Crippen molar-refractivity contribution in [1.82, 2.24) is 9.78 Å². The summed E-state index contributed by atoms with van der Waals surface area (Å²) >= 11 is 0. The summed E-state index contributed by atoms with van der Waals surface area (Å²) in [5.41, 5.74) is 0.322. The van der Waals surface area contributed by atoms with E-state index in [1.54, 1.807) is 0 Å². The average Bonchev–Trinajstić information content (AvgIpc) is 2.56. The number of nitrogens with zero attached hydrogens (tertiary/aromatic N) is 2. The Morgan fingerprint density at radius 1 is 1.26 bits per heavy atom. The van der Waals surface area contributed by atoms with Gasteiger partial charge in [0.15, 0.2) is 0 Å². The van der Waals surface area contributed by atoms with E-state index in [0.29, 0.717) is 0 Å². The Balaban J connectivity index is 1.90. The summed E-state index contributed by atoms with van der Waals surface area (Å²) in [5.74, 6) is -1.42. The van der Waals surface area contributed by atoms with Gasteiger partial charge in [-0.15, -0.1) is 0 Å². The number of carbonyl (C=O) groups is 1. The van der Waals surface area contributed by atoms with Gasteiger partial charge in [-0.2, -0.15) is 5.10 Å². The van der Waals surface area contributed by atoms with Crippen LogP contribution in [0.5, 0.6) is 0 Å². The van der Waals surface area contributed by atoms with Gasteiger partial charge in [0.2, 0.25) is 0 Å². The molecule has 23 heavy (non-hydrogen) atoms. The maximum Gasteiger partial charge on any atom is 0.338 e. The molecule has 0 radical (unpaired) electrons. The lowest BCUT2D eigenvalue weighted by Crippen LogP contribution is -2.20. The summed E-state index contributed by atoms with van der Waals surface area (Å²) in [5, 5.41) is 4.00. The molecule has 3 aromatic rings. The molecule has 0 aliphatic rings. The fourth-order valence-electron chi connectivity index (χ4n) is 2.24. The van der Waals surface area contributed by atoms with Gasteiger partial charge >= 0.3 is 5.97 Å². The lowest BCUT2D eigenvalue weighted by Gasteiger charge is -2.07. The van der Waals surface area contributed by atoms with Crippen molar-refractivity contribution in [3.8, 4) is 0 Å². The predicted molar refractivity (Wildman–Crippen MR) is 82.5 cm³/mol. The van der Waals surface area contributed by atoms with Gasteiger partial charge in [0.05, 0.1) is 17.1 Å². The second-order valence-corrected chi connectivity index (χ2v) is 5.06. The summed E-state index contributed by atoms with van der Waals surface area (Å²) in [4.78, 5) is 24.0. The van der Waals surface area contributed by atoms with Gasteiger partial charge in [0.25, 0.3) is 5.56 Å². The molecule has 0 spiro atoms. The maximum atomic E-state index is 14.2. The van der Waals surface area contributed by atoms with E-state index in [2.05, 4.69) is 5.10 Å². The first-order valence-corrected chi connectivity index (χ1v) is 6.93. The third-order valence-corrected chi connectivity index (χ3v) is 3.45. The fourth-order valence-corrected chi connectivity index (χ4v) is 2.24. The molecule has 0 N–H and O–H groups in total.